The zero-order chi connectivity index (χ0) is 25.5. The molecule has 36 heavy (non-hydrogen) atoms. The van der Waals surface area contributed by atoms with E-state index in [0.717, 1.165) is 16.8 Å². The van der Waals surface area contributed by atoms with Crippen molar-refractivity contribution in [3.8, 4) is 5.75 Å². The second-order valence-corrected chi connectivity index (χ2v) is 9.80. The van der Waals surface area contributed by atoms with Gasteiger partial charge in [0.2, 0.25) is 11.8 Å². The maximum atomic E-state index is 14.0. The number of thiophene rings is 1. The molecule has 0 aliphatic heterocycles. The molecule has 2 aromatic heterocycles. The number of nitrogens with zero attached hydrogens (tertiary/aromatic N) is 4. The number of hydrogen-bond acceptors (Lipinski definition) is 6. The first kappa shape index (κ1) is 25.4. The number of carbonyl (C=O) groups excluding carboxylic acids is 2. The van der Waals surface area contributed by atoms with E-state index < -0.39 is 6.04 Å². The number of benzene rings is 2. The molecular formula is C27H31N5O3S. The Bertz CT molecular complexity index is 1300. The first-order valence-electron chi connectivity index (χ1n) is 12.1. The predicted molar refractivity (Wildman–Crippen MR) is 142 cm³/mol. The lowest BCUT2D eigenvalue weighted by molar-refractivity contribution is -0.126. The van der Waals surface area contributed by atoms with Crippen LogP contribution < -0.4 is 15.0 Å². The molecular weight excluding hydrogens is 474 g/mol. The summed E-state index contributed by atoms with van der Waals surface area (Å²) in [6.07, 6.45) is 0.849. The van der Waals surface area contributed by atoms with Crippen LogP contribution in [0.2, 0.25) is 0 Å². The number of para-hydroxylation sites is 1. The van der Waals surface area contributed by atoms with Crippen LogP contribution in [-0.2, 0) is 16.1 Å². The van der Waals surface area contributed by atoms with Crippen molar-refractivity contribution < 1.29 is 14.3 Å². The first-order chi connectivity index (χ1) is 17.5. The Morgan fingerprint density at radius 3 is 2.69 bits per heavy atom. The molecule has 1 atom stereocenters. The van der Waals surface area contributed by atoms with E-state index in [1.165, 1.54) is 11.3 Å². The fraction of sp³-hybridized carbons (Fsp3) is 0.333. The van der Waals surface area contributed by atoms with Crippen molar-refractivity contribution in [3.63, 3.8) is 0 Å². The summed E-state index contributed by atoms with van der Waals surface area (Å²) in [5.74, 6) is 0.573. The normalized spacial score (nSPS) is 12.0. The standard InChI is InChI=1S/C27H31N5O3S/c1-4-35-21-10-7-9-20(17-21)32(25(33)18-31-23-12-6-5-11-22(23)29-30-31)26(24-13-8-16-36-24)27(34)28-15-14-19(2)3/h5-13,16-17,19,26H,4,14-15,18H2,1-3H3,(H,28,34)/t26-/m1/s1. The highest BCUT2D eigenvalue weighted by molar-refractivity contribution is 7.10. The van der Waals surface area contributed by atoms with Gasteiger partial charge < -0.3 is 10.1 Å². The lowest BCUT2D eigenvalue weighted by atomic mass is 10.1. The Kier molecular flexibility index (Phi) is 8.32. The van der Waals surface area contributed by atoms with Crippen LogP contribution in [0.5, 0.6) is 5.75 Å². The Morgan fingerprint density at radius 2 is 1.94 bits per heavy atom. The maximum absolute atomic E-state index is 14.0. The molecule has 0 unspecified atom stereocenters. The third-order valence-corrected chi connectivity index (χ3v) is 6.65. The number of anilines is 1. The van der Waals surface area contributed by atoms with Crippen LogP contribution in [0.3, 0.4) is 0 Å². The molecule has 0 saturated heterocycles. The highest BCUT2D eigenvalue weighted by Gasteiger charge is 2.34. The molecule has 0 radical (unpaired) electrons. The van der Waals surface area contributed by atoms with Gasteiger partial charge in [-0.25, -0.2) is 4.68 Å². The van der Waals surface area contributed by atoms with Crippen LogP contribution in [0.15, 0.2) is 66.0 Å². The van der Waals surface area contributed by atoms with Gasteiger partial charge in [-0.3, -0.25) is 14.5 Å². The van der Waals surface area contributed by atoms with E-state index >= 15 is 0 Å². The quantitative estimate of drug-likeness (QED) is 0.315. The summed E-state index contributed by atoms with van der Waals surface area (Å²) in [7, 11) is 0. The van der Waals surface area contributed by atoms with Crippen LogP contribution in [0, 0.1) is 5.92 Å². The average molecular weight is 506 g/mol. The van der Waals surface area contributed by atoms with Gasteiger partial charge >= 0.3 is 0 Å². The van der Waals surface area contributed by atoms with E-state index in [2.05, 4.69) is 29.5 Å². The Labute approximate surface area is 214 Å². The van der Waals surface area contributed by atoms with E-state index in [1.54, 1.807) is 15.6 Å². The van der Waals surface area contributed by atoms with E-state index in [0.29, 0.717) is 36.0 Å². The number of ether oxygens (including phenoxy) is 1. The first-order valence-corrected chi connectivity index (χ1v) is 13.0. The van der Waals surface area contributed by atoms with Gasteiger partial charge in [0.25, 0.3) is 0 Å². The summed E-state index contributed by atoms with van der Waals surface area (Å²) in [5.41, 5.74) is 2.03. The van der Waals surface area contributed by atoms with Gasteiger partial charge in [0.05, 0.1) is 12.1 Å². The van der Waals surface area contributed by atoms with Crippen LogP contribution in [0.1, 0.15) is 38.1 Å². The lowest BCUT2D eigenvalue weighted by Crippen LogP contribution is -2.45. The van der Waals surface area contributed by atoms with Gasteiger partial charge in [-0.15, -0.1) is 16.4 Å². The molecule has 8 nitrogen and oxygen atoms in total. The fourth-order valence-electron chi connectivity index (χ4n) is 3.97. The van der Waals surface area contributed by atoms with Crippen molar-refractivity contribution in [2.45, 2.75) is 39.8 Å². The summed E-state index contributed by atoms with van der Waals surface area (Å²) in [4.78, 5) is 29.9. The molecule has 9 heteroatoms. The van der Waals surface area contributed by atoms with Gasteiger partial charge in [0, 0.05) is 23.2 Å². The number of rotatable bonds is 11. The molecule has 0 bridgehead atoms. The van der Waals surface area contributed by atoms with Crippen LogP contribution in [-0.4, -0.2) is 40.0 Å². The number of hydrogen-bond donors (Lipinski definition) is 1. The number of nitrogens with one attached hydrogen (secondary N) is 1. The third kappa shape index (κ3) is 5.91. The monoisotopic (exact) mass is 505 g/mol. The summed E-state index contributed by atoms with van der Waals surface area (Å²) in [6, 6.07) is 17.7. The zero-order valence-electron chi connectivity index (χ0n) is 20.8. The van der Waals surface area contributed by atoms with Crippen LogP contribution in [0.25, 0.3) is 11.0 Å². The van der Waals surface area contributed by atoms with E-state index in [4.69, 9.17) is 4.74 Å². The van der Waals surface area contributed by atoms with Crippen molar-refractivity contribution in [1.29, 1.82) is 0 Å². The summed E-state index contributed by atoms with van der Waals surface area (Å²) >= 11 is 1.44. The molecule has 0 aliphatic carbocycles. The minimum atomic E-state index is -0.837. The topological polar surface area (TPSA) is 89.3 Å². The Morgan fingerprint density at radius 1 is 1.11 bits per heavy atom. The second kappa shape index (κ2) is 11.8. The van der Waals surface area contributed by atoms with Crippen molar-refractivity contribution in [3.05, 3.63) is 70.9 Å². The Balaban J connectivity index is 1.74. The average Bonchev–Trinajstić information content (AvgIpc) is 3.53. The number of amides is 2. The Hall–Kier alpha value is -3.72. The highest BCUT2D eigenvalue weighted by atomic mass is 32.1. The lowest BCUT2D eigenvalue weighted by Gasteiger charge is -2.31. The predicted octanol–water partition coefficient (Wildman–Crippen LogP) is 4.83. The number of fused-ring (bicyclic) bond motifs is 1. The molecule has 0 spiro atoms. The molecule has 4 aromatic rings. The number of aromatic nitrogens is 3. The van der Waals surface area contributed by atoms with Crippen molar-refractivity contribution in [2.75, 3.05) is 18.1 Å². The maximum Gasteiger partial charge on any atom is 0.249 e. The minimum absolute atomic E-state index is 0.0689. The van der Waals surface area contributed by atoms with E-state index in [-0.39, 0.29) is 18.4 Å². The molecule has 2 amide bonds. The van der Waals surface area contributed by atoms with Crippen molar-refractivity contribution >= 4 is 39.9 Å². The summed E-state index contributed by atoms with van der Waals surface area (Å²) < 4.78 is 7.27. The van der Waals surface area contributed by atoms with Crippen molar-refractivity contribution in [2.24, 2.45) is 5.92 Å². The molecule has 4 rings (SSSR count). The molecule has 0 saturated carbocycles. The largest absolute Gasteiger partial charge is 0.494 e. The molecule has 0 fully saturated rings. The molecule has 2 heterocycles. The van der Waals surface area contributed by atoms with Crippen molar-refractivity contribution in [1.82, 2.24) is 20.3 Å². The van der Waals surface area contributed by atoms with Gasteiger partial charge in [-0.05, 0) is 55.0 Å². The molecule has 2 aromatic carbocycles. The second-order valence-electron chi connectivity index (χ2n) is 8.82. The molecule has 188 valence electrons. The van der Waals surface area contributed by atoms with Gasteiger partial charge in [0.15, 0.2) is 0 Å². The highest BCUT2D eigenvalue weighted by Crippen LogP contribution is 2.33. The number of carbonyl (C=O) groups is 2. The minimum Gasteiger partial charge on any atom is -0.494 e. The van der Waals surface area contributed by atoms with Gasteiger partial charge in [-0.2, -0.15) is 0 Å². The SMILES string of the molecule is CCOc1cccc(N(C(=O)Cn2nnc3ccccc32)[C@@H](C(=O)NCCC(C)C)c2cccs2)c1. The van der Waals surface area contributed by atoms with Gasteiger partial charge in [-0.1, -0.05) is 43.3 Å². The van der Waals surface area contributed by atoms with Gasteiger partial charge in [0.1, 0.15) is 23.9 Å². The fourth-order valence-corrected chi connectivity index (χ4v) is 4.78. The molecule has 0 aliphatic rings. The summed E-state index contributed by atoms with van der Waals surface area (Å²) in [5, 5.41) is 13.3. The summed E-state index contributed by atoms with van der Waals surface area (Å²) in [6.45, 7) is 7.09. The molecule has 1 N–H and O–H groups in total. The smallest absolute Gasteiger partial charge is 0.249 e. The van der Waals surface area contributed by atoms with Crippen LogP contribution in [0.4, 0.5) is 5.69 Å². The van der Waals surface area contributed by atoms with E-state index in [1.807, 2.05) is 66.9 Å². The zero-order valence-corrected chi connectivity index (χ0v) is 21.6. The van der Waals surface area contributed by atoms with Crippen LogP contribution >= 0.6 is 11.3 Å². The van der Waals surface area contributed by atoms with E-state index in [9.17, 15) is 9.59 Å². The third-order valence-electron chi connectivity index (χ3n) is 5.72.